The molecular weight excluding hydrogens is 378 g/mol. The first-order valence-electron chi connectivity index (χ1n) is 9.92. The third-order valence-corrected chi connectivity index (χ3v) is 6.83. The number of thiophene rings is 1. The summed E-state index contributed by atoms with van der Waals surface area (Å²) >= 11 is 1.73. The summed E-state index contributed by atoms with van der Waals surface area (Å²) in [7, 11) is 4.29. The highest BCUT2D eigenvalue weighted by atomic mass is 32.1. The van der Waals surface area contributed by atoms with E-state index in [0.29, 0.717) is 11.7 Å². The molecule has 6 heteroatoms. The van der Waals surface area contributed by atoms with Gasteiger partial charge in [-0.2, -0.15) is 5.26 Å². The zero-order valence-electron chi connectivity index (χ0n) is 16.9. The minimum absolute atomic E-state index is 0.324. The van der Waals surface area contributed by atoms with Crippen molar-refractivity contribution in [2.75, 3.05) is 25.5 Å². The van der Waals surface area contributed by atoms with Crippen molar-refractivity contribution in [1.29, 1.82) is 5.26 Å². The molecule has 1 atom stereocenters. The lowest BCUT2D eigenvalue weighted by atomic mass is 10.0. The van der Waals surface area contributed by atoms with Crippen LogP contribution >= 0.6 is 11.3 Å². The first-order valence-corrected chi connectivity index (χ1v) is 10.8. The van der Waals surface area contributed by atoms with Gasteiger partial charge < -0.3 is 4.90 Å². The minimum Gasteiger partial charge on any atom is -0.341 e. The summed E-state index contributed by atoms with van der Waals surface area (Å²) in [6.07, 6.45) is 2.61. The molecule has 0 spiro atoms. The monoisotopic (exact) mass is 401 g/mol. The Balaban J connectivity index is 1.98. The van der Waals surface area contributed by atoms with Crippen LogP contribution in [0.3, 0.4) is 0 Å². The van der Waals surface area contributed by atoms with Crippen LogP contribution in [0.4, 0.5) is 5.82 Å². The van der Waals surface area contributed by atoms with Crippen molar-refractivity contribution in [2.45, 2.75) is 25.9 Å². The molecule has 146 valence electrons. The van der Waals surface area contributed by atoms with E-state index in [-0.39, 0.29) is 0 Å². The summed E-state index contributed by atoms with van der Waals surface area (Å²) in [4.78, 5) is 10.9. The Morgan fingerprint density at radius 2 is 2.03 bits per heavy atom. The van der Waals surface area contributed by atoms with Gasteiger partial charge in [-0.3, -0.25) is 9.30 Å². The second-order valence-electron chi connectivity index (χ2n) is 7.83. The number of nitrogens with zero attached hydrogens (tertiary/aromatic N) is 5. The van der Waals surface area contributed by atoms with Gasteiger partial charge in [0.05, 0.1) is 22.8 Å². The number of rotatable bonds is 3. The largest absolute Gasteiger partial charge is 0.341 e. The van der Waals surface area contributed by atoms with Crippen LogP contribution in [0.1, 0.15) is 24.0 Å². The van der Waals surface area contributed by atoms with Crippen molar-refractivity contribution >= 4 is 33.8 Å². The number of anilines is 1. The third-order valence-electron chi connectivity index (χ3n) is 5.94. The third kappa shape index (κ3) is 2.65. The Labute approximate surface area is 174 Å². The molecular formula is C23H23N5S. The number of para-hydroxylation sites is 2. The van der Waals surface area contributed by atoms with Gasteiger partial charge in [0.15, 0.2) is 5.65 Å². The number of fused-ring (bicyclic) bond motifs is 3. The molecule has 1 aliphatic rings. The van der Waals surface area contributed by atoms with Gasteiger partial charge in [-0.1, -0.05) is 18.2 Å². The molecule has 1 fully saturated rings. The van der Waals surface area contributed by atoms with Crippen LogP contribution in [0.15, 0.2) is 41.8 Å². The van der Waals surface area contributed by atoms with E-state index in [1.165, 1.54) is 4.88 Å². The number of benzene rings is 1. The maximum atomic E-state index is 10.0. The maximum absolute atomic E-state index is 10.0. The molecule has 1 saturated heterocycles. The molecule has 4 aromatic rings. The highest BCUT2D eigenvalue weighted by Gasteiger charge is 2.33. The average Bonchev–Trinajstić information content (AvgIpc) is 3.46. The van der Waals surface area contributed by atoms with E-state index in [1.54, 1.807) is 11.3 Å². The number of imidazole rings is 1. The molecule has 4 heterocycles. The van der Waals surface area contributed by atoms with Crippen LogP contribution in [0.5, 0.6) is 0 Å². The van der Waals surface area contributed by atoms with Crippen molar-refractivity contribution in [2.24, 2.45) is 0 Å². The van der Waals surface area contributed by atoms with Crippen LogP contribution in [0.25, 0.3) is 27.1 Å². The second kappa shape index (κ2) is 6.87. The van der Waals surface area contributed by atoms with Gasteiger partial charge in [-0.15, -0.1) is 11.3 Å². The molecule has 5 rings (SSSR count). The van der Waals surface area contributed by atoms with Crippen molar-refractivity contribution < 1.29 is 0 Å². The predicted octanol–water partition coefficient (Wildman–Crippen LogP) is 4.88. The van der Waals surface area contributed by atoms with Gasteiger partial charge in [0.25, 0.3) is 0 Å². The van der Waals surface area contributed by atoms with Crippen LogP contribution in [-0.4, -0.2) is 41.1 Å². The average molecular weight is 402 g/mol. The van der Waals surface area contributed by atoms with E-state index < -0.39 is 0 Å². The summed E-state index contributed by atoms with van der Waals surface area (Å²) in [5.41, 5.74) is 5.56. The number of aromatic nitrogens is 2. The molecule has 3 aromatic heterocycles. The highest BCUT2D eigenvalue weighted by molar-refractivity contribution is 7.13. The minimum atomic E-state index is 0.324. The van der Waals surface area contributed by atoms with Gasteiger partial charge in [0, 0.05) is 17.0 Å². The van der Waals surface area contributed by atoms with Crippen molar-refractivity contribution in [3.8, 4) is 16.5 Å². The Hall–Kier alpha value is -2.88. The standard InChI is InChI=1S/C23H23N5S/c1-15-16(14-24)22-25-17-8-4-5-9-18(17)28(22)23(21(15)19-10-7-13-29-19)27-12-6-11-20(27)26(2)3/h4-5,7-10,13,20H,6,11-12H2,1-3H3. The molecule has 0 aliphatic carbocycles. The molecule has 29 heavy (non-hydrogen) atoms. The summed E-state index contributed by atoms with van der Waals surface area (Å²) in [5, 5.41) is 12.1. The van der Waals surface area contributed by atoms with Gasteiger partial charge in [0.2, 0.25) is 0 Å². The fraction of sp³-hybridized carbons (Fsp3) is 0.304. The molecule has 0 radical (unpaired) electrons. The number of hydrogen-bond donors (Lipinski definition) is 0. The molecule has 5 nitrogen and oxygen atoms in total. The molecule has 0 amide bonds. The van der Waals surface area contributed by atoms with Crippen molar-refractivity contribution in [1.82, 2.24) is 14.3 Å². The van der Waals surface area contributed by atoms with E-state index in [9.17, 15) is 5.26 Å². The zero-order valence-corrected chi connectivity index (χ0v) is 17.7. The lowest BCUT2D eigenvalue weighted by Crippen LogP contribution is -2.41. The van der Waals surface area contributed by atoms with Crippen LogP contribution in [0.2, 0.25) is 0 Å². The highest BCUT2D eigenvalue weighted by Crippen LogP contribution is 2.43. The lowest BCUT2D eigenvalue weighted by Gasteiger charge is -2.34. The smallest absolute Gasteiger partial charge is 0.157 e. The molecule has 0 saturated carbocycles. The summed E-state index contributed by atoms with van der Waals surface area (Å²) in [6.45, 7) is 3.06. The molecule has 0 N–H and O–H groups in total. The SMILES string of the molecule is Cc1c(-c2cccs2)c(N2CCCC2N(C)C)n2c(nc3ccccc32)c1C#N. The fourth-order valence-electron chi connectivity index (χ4n) is 4.64. The fourth-order valence-corrected chi connectivity index (χ4v) is 5.46. The number of pyridine rings is 1. The molecule has 1 unspecified atom stereocenters. The van der Waals surface area contributed by atoms with E-state index in [2.05, 4.69) is 64.9 Å². The van der Waals surface area contributed by atoms with Crippen LogP contribution in [-0.2, 0) is 0 Å². The Morgan fingerprint density at radius 1 is 1.21 bits per heavy atom. The topological polar surface area (TPSA) is 47.6 Å². The van der Waals surface area contributed by atoms with Crippen molar-refractivity contribution in [3.63, 3.8) is 0 Å². The molecule has 1 aliphatic heterocycles. The van der Waals surface area contributed by atoms with Gasteiger partial charge in [-0.05, 0) is 63.0 Å². The van der Waals surface area contributed by atoms with E-state index >= 15 is 0 Å². The normalized spacial score (nSPS) is 16.9. The zero-order chi connectivity index (χ0) is 20.1. The molecule has 0 bridgehead atoms. The van der Waals surface area contributed by atoms with Gasteiger partial charge in [-0.25, -0.2) is 4.98 Å². The van der Waals surface area contributed by atoms with Crippen molar-refractivity contribution in [3.05, 3.63) is 52.9 Å². The quantitative estimate of drug-likeness (QED) is 0.491. The first-order chi connectivity index (χ1) is 14.1. The van der Waals surface area contributed by atoms with Crippen LogP contribution in [0, 0.1) is 18.3 Å². The Bertz CT molecular complexity index is 1250. The maximum Gasteiger partial charge on any atom is 0.157 e. The predicted molar refractivity (Wildman–Crippen MR) is 120 cm³/mol. The Morgan fingerprint density at radius 3 is 2.76 bits per heavy atom. The first kappa shape index (κ1) is 18.2. The number of nitriles is 1. The lowest BCUT2D eigenvalue weighted by molar-refractivity contribution is 0.300. The Kier molecular flexibility index (Phi) is 4.30. The van der Waals surface area contributed by atoms with Crippen LogP contribution < -0.4 is 4.90 Å². The summed E-state index contributed by atoms with van der Waals surface area (Å²) in [5.74, 6) is 1.16. The van der Waals surface area contributed by atoms with E-state index in [0.717, 1.165) is 53.0 Å². The second-order valence-corrected chi connectivity index (χ2v) is 8.77. The van der Waals surface area contributed by atoms with E-state index in [1.807, 2.05) is 18.2 Å². The van der Waals surface area contributed by atoms with Gasteiger partial charge >= 0.3 is 0 Å². The summed E-state index contributed by atoms with van der Waals surface area (Å²) < 4.78 is 2.22. The van der Waals surface area contributed by atoms with E-state index in [4.69, 9.17) is 4.98 Å². The molecule has 1 aromatic carbocycles. The number of hydrogen-bond acceptors (Lipinski definition) is 5. The summed E-state index contributed by atoms with van der Waals surface area (Å²) in [6, 6.07) is 14.9. The van der Waals surface area contributed by atoms with Gasteiger partial charge in [0.1, 0.15) is 11.9 Å².